The van der Waals surface area contributed by atoms with Crippen LogP contribution in [0.4, 0.5) is 5.69 Å². The van der Waals surface area contributed by atoms with E-state index in [1.165, 1.54) is 11.3 Å². The van der Waals surface area contributed by atoms with Crippen LogP contribution in [0.2, 0.25) is 0 Å². The minimum absolute atomic E-state index is 0.419. The molecule has 100 valence electrons. The quantitative estimate of drug-likeness (QED) is 0.863. The molecule has 1 aromatic rings. The van der Waals surface area contributed by atoms with E-state index in [9.17, 15) is 0 Å². The van der Waals surface area contributed by atoms with Crippen LogP contribution in [0, 0.1) is 12.8 Å². The maximum Gasteiger partial charge on any atom is 0.0539 e. The van der Waals surface area contributed by atoms with Gasteiger partial charge in [0.2, 0.25) is 0 Å². The van der Waals surface area contributed by atoms with E-state index in [1.807, 2.05) is 0 Å². The zero-order chi connectivity index (χ0) is 13.1. The van der Waals surface area contributed by atoms with Gasteiger partial charge in [-0.1, -0.05) is 24.6 Å². The number of anilines is 1. The molecule has 2 unspecified atom stereocenters. The summed E-state index contributed by atoms with van der Waals surface area (Å²) in [6.07, 6.45) is 0. The maximum absolute atomic E-state index is 5.97. The molecule has 0 aromatic heterocycles. The fourth-order valence-electron chi connectivity index (χ4n) is 2.86. The highest BCUT2D eigenvalue weighted by atomic mass is 15.2. The summed E-state index contributed by atoms with van der Waals surface area (Å²) in [5.41, 5.74) is 8.58. The second-order valence-electron chi connectivity index (χ2n) is 5.70. The smallest absolute Gasteiger partial charge is 0.0539 e. The molecule has 0 spiro atoms. The van der Waals surface area contributed by atoms with E-state index in [2.05, 4.69) is 55.0 Å². The first kappa shape index (κ1) is 13.4. The maximum atomic E-state index is 5.97. The Morgan fingerprint density at radius 1 is 1.17 bits per heavy atom. The number of aryl methyl sites for hydroxylation is 1. The molecule has 1 aromatic carbocycles. The van der Waals surface area contributed by atoms with E-state index in [1.54, 1.807) is 0 Å². The summed E-state index contributed by atoms with van der Waals surface area (Å²) < 4.78 is 0. The van der Waals surface area contributed by atoms with Crippen molar-refractivity contribution in [3.05, 3.63) is 29.8 Å². The first-order valence-corrected chi connectivity index (χ1v) is 6.82. The van der Waals surface area contributed by atoms with Gasteiger partial charge in [-0.3, -0.25) is 0 Å². The highest BCUT2D eigenvalue weighted by Gasteiger charge is 2.25. The molecule has 3 nitrogen and oxygen atoms in total. The number of hydrogen-bond acceptors (Lipinski definition) is 3. The molecule has 1 aliphatic heterocycles. The standard InChI is InChI=1S/C15H25N3/c1-12-4-6-14(7-5-12)18-10-13(2)9-17(3)11-15(18)8-16/h4-7,13,15H,8-11,16H2,1-3H3. The Bertz CT molecular complexity index is 374. The van der Waals surface area contributed by atoms with E-state index in [0.29, 0.717) is 18.5 Å². The highest BCUT2D eigenvalue weighted by molar-refractivity contribution is 5.49. The minimum atomic E-state index is 0.419. The lowest BCUT2D eigenvalue weighted by atomic mass is 10.1. The van der Waals surface area contributed by atoms with Crippen molar-refractivity contribution in [2.45, 2.75) is 19.9 Å². The van der Waals surface area contributed by atoms with Gasteiger partial charge in [-0.15, -0.1) is 0 Å². The summed E-state index contributed by atoms with van der Waals surface area (Å²) >= 11 is 0. The molecule has 0 bridgehead atoms. The zero-order valence-electron chi connectivity index (χ0n) is 11.8. The number of hydrogen-bond donors (Lipinski definition) is 1. The predicted molar refractivity (Wildman–Crippen MR) is 78.0 cm³/mol. The fraction of sp³-hybridized carbons (Fsp3) is 0.600. The summed E-state index contributed by atoms with van der Waals surface area (Å²) in [7, 11) is 2.19. The van der Waals surface area contributed by atoms with E-state index < -0.39 is 0 Å². The first-order chi connectivity index (χ1) is 8.60. The van der Waals surface area contributed by atoms with Crippen LogP contribution in [0.3, 0.4) is 0 Å². The lowest BCUT2D eigenvalue weighted by molar-refractivity contribution is 0.304. The molecule has 3 heteroatoms. The van der Waals surface area contributed by atoms with Crippen LogP contribution in [0.15, 0.2) is 24.3 Å². The van der Waals surface area contributed by atoms with Crippen molar-refractivity contribution < 1.29 is 0 Å². The molecule has 0 aliphatic carbocycles. The lowest BCUT2D eigenvalue weighted by Gasteiger charge is -2.32. The molecule has 1 heterocycles. The minimum Gasteiger partial charge on any atom is -0.366 e. The van der Waals surface area contributed by atoms with Gasteiger partial charge in [-0.05, 0) is 32.0 Å². The summed E-state index contributed by atoms with van der Waals surface area (Å²) in [5.74, 6) is 0.674. The van der Waals surface area contributed by atoms with Gasteiger partial charge in [0.05, 0.1) is 6.04 Å². The van der Waals surface area contributed by atoms with Crippen LogP contribution in [0.25, 0.3) is 0 Å². The van der Waals surface area contributed by atoms with Crippen molar-refractivity contribution in [3.8, 4) is 0 Å². The first-order valence-electron chi connectivity index (χ1n) is 6.82. The number of nitrogens with two attached hydrogens (primary N) is 1. The van der Waals surface area contributed by atoms with Crippen molar-refractivity contribution in [2.24, 2.45) is 11.7 Å². The molecule has 0 amide bonds. The summed E-state index contributed by atoms with van der Waals surface area (Å²) in [5, 5.41) is 0. The predicted octanol–water partition coefficient (Wildman–Crippen LogP) is 1.71. The van der Waals surface area contributed by atoms with Gasteiger partial charge in [-0.25, -0.2) is 0 Å². The summed E-state index contributed by atoms with van der Waals surface area (Å²) in [6, 6.07) is 9.22. The molecule has 1 aliphatic rings. The largest absolute Gasteiger partial charge is 0.366 e. The number of nitrogens with zero attached hydrogens (tertiary/aromatic N) is 2. The van der Waals surface area contributed by atoms with E-state index >= 15 is 0 Å². The van der Waals surface area contributed by atoms with E-state index in [0.717, 1.165) is 19.6 Å². The van der Waals surface area contributed by atoms with Crippen LogP contribution in [0.5, 0.6) is 0 Å². The van der Waals surface area contributed by atoms with Crippen molar-refractivity contribution in [1.82, 2.24) is 4.90 Å². The molecule has 2 atom stereocenters. The van der Waals surface area contributed by atoms with Gasteiger partial charge in [-0.2, -0.15) is 0 Å². The Hall–Kier alpha value is -1.06. The Morgan fingerprint density at radius 3 is 2.44 bits per heavy atom. The molecular formula is C15H25N3. The van der Waals surface area contributed by atoms with Crippen molar-refractivity contribution in [1.29, 1.82) is 0 Å². The van der Waals surface area contributed by atoms with Crippen molar-refractivity contribution in [3.63, 3.8) is 0 Å². The third-order valence-corrected chi connectivity index (χ3v) is 3.73. The Balaban J connectivity index is 2.24. The molecule has 1 saturated heterocycles. The molecule has 2 N–H and O–H groups in total. The second-order valence-corrected chi connectivity index (χ2v) is 5.70. The average Bonchev–Trinajstić information content (AvgIpc) is 2.48. The van der Waals surface area contributed by atoms with Gasteiger partial charge < -0.3 is 15.5 Å². The van der Waals surface area contributed by atoms with Gasteiger partial charge in [0, 0.05) is 31.9 Å². The fourth-order valence-corrected chi connectivity index (χ4v) is 2.86. The molecule has 0 saturated carbocycles. The highest BCUT2D eigenvalue weighted by Crippen LogP contribution is 2.22. The van der Waals surface area contributed by atoms with Gasteiger partial charge >= 0.3 is 0 Å². The van der Waals surface area contributed by atoms with Crippen LogP contribution < -0.4 is 10.6 Å². The van der Waals surface area contributed by atoms with Gasteiger partial charge in [0.1, 0.15) is 0 Å². The number of likely N-dealkylation sites (N-methyl/N-ethyl adjacent to an activating group) is 1. The normalized spacial score (nSPS) is 26.1. The Kier molecular flexibility index (Phi) is 4.25. The Morgan fingerprint density at radius 2 is 1.83 bits per heavy atom. The SMILES string of the molecule is Cc1ccc(N2CC(C)CN(C)CC2CN)cc1. The molecular weight excluding hydrogens is 222 g/mol. The number of benzene rings is 1. The van der Waals surface area contributed by atoms with Crippen molar-refractivity contribution in [2.75, 3.05) is 38.1 Å². The monoisotopic (exact) mass is 247 g/mol. The number of rotatable bonds is 2. The zero-order valence-corrected chi connectivity index (χ0v) is 11.8. The third kappa shape index (κ3) is 3.03. The van der Waals surface area contributed by atoms with Crippen LogP contribution in [0.1, 0.15) is 12.5 Å². The van der Waals surface area contributed by atoms with Crippen LogP contribution in [-0.2, 0) is 0 Å². The topological polar surface area (TPSA) is 32.5 Å². The summed E-state index contributed by atoms with van der Waals surface area (Å²) in [6.45, 7) is 8.45. The molecule has 18 heavy (non-hydrogen) atoms. The van der Waals surface area contributed by atoms with Crippen LogP contribution in [-0.4, -0.2) is 44.2 Å². The second kappa shape index (κ2) is 5.72. The van der Waals surface area contributed by atoms with E-state index in [4.69, 9.17) is 5.73 Å². The van der Waals surface area contributed by atoms with E-state index in [-0.39, 0.29) is 0 Å². The molecule has 2 rings (SSSR count). The lowest BCUT2D eigenvalue weighted by Crippen LogP contribution is -2.45. The molecule has 0 radical (unpaired) electrons. The average molecular weight is 247 g/mol. The molecule has 1 fully saturated rings. The summed E-state index contributed by atoms with van der Waals surface area (Å²) in [4.78, 5) is 4.88. The Labute approximate surface area is 111 Å². The van der Waals surface area contributed by atoms with Crippen molar-refractivity contribution >= 4 is 5.69 Å². The third-order valence-electron chi connectivity index (χ3n) is 3.73. The van der Waals surface area contributed by atoms with Crippen LogP contribution >= 0.6 is 0 Å². The van der Waals surface area contributed by atoms with Gasteiger partial charge in [0.25, 0.3) is 0 Å². The van der Waals surface area contributed by atoms with Gasteiger partial charge in [0.15, 0.2) is 0 Å².